The Labute approximate surface area is 144 Å². The van der Waals surface area contributed by atoms with Crippen molar-refractivity contribution < 1.29 is 0 Å². The highest BCUT2D eigenvalue weighted by Crippen LogP contribution is 2.51. The summed E-state index contributed by atoms with van der Waals surface area (Å²) >= 11 is 0. The Morgan fingerprint density at radius 1 is 1.09 bits per heavy atom. The molecule has 0 saturated carbocycles. The summed E-state index contributed by atoms with van der Waals surface area (Å²) < 4.78 is 0. The summed E-state index contributed by atoms with van der Waals surface area (Å²) in [4.78, 5) is 2.72. The second-order valence-corrected chi connectivity index (χ2v) is 15.9. The lowest BCUT2D eigenvalue weighted by molar-refractivity contribution is 0.282. The fourth-order valence-corrected chi connectivity index (χ4v) is 5.78. The molecule has 2 aliphatic rings. The normalized spacial score (nSPS) is 25.2. The molecule has 1 aromatic rings. The molecule has 23 heavy (non-hydrogen) atoms. The zero-order valence-corrected chi connectivity index (χ0v) is 17.3. The van der Waals surface area contributed by atoms with Crippen molar-refractivity contribution >= 4 is 13.8 Å². The zero-order valence-electron chi connectivity index (χ0n) is 16.3. The van der Waals surface area contributed by atoms with Crippen LogP contribution in [-0.2, 0) is 10.8 Å². The quantitative estimate of drug-likeness (QED) is 0.632. The van der Waals surface area contributed by atoms with Crippen LogP contribution < -0.4 is 4.90 Å². The minimum Gasteiger partial charge on any atom is -0.371 e. The highest BCUT2D eigenvalue weighted by Gasteiger charge is 2.44. The van der Waals surface area contributed by atoms with Crippen molar-refractivity contribution in [3.8, 4) is 0 Å². The van der Waals surface area contributed by atoms with Crippen LogP contribution in [0.5, 0.6) is 0 Å². The molecule has 0 bridgehead atoms. The topological polar surface area (TPSA) is 3.24 Å². The summed E-state index contributed by atoms with van der Waals surface area (Å²) in [7, 11) is -0.966. The van der Waals surface area contributed by atoms with E-state index in [0.717, 1.165) is 5.92 Å². The number of rotatable bonds is 3. The highest BCUT2D eigenvalue weighted by atomic mass is 28.3. The molecule has 0 spiro atoms. The van der Waals surface area contributed by atoms with Crippen molar-refractivity contribution in [2.45, 2.75) is 77.1 Å². The number of anilines is 1. The van der Waals surface area contributed by atoms with Gasteiger partial charge in [0, 0.05) is 26.9 Å². The number of benzene rings is 1. The smallest absolute Gasteiger partial charge is 0.0442 e. The van der Waals surface area contributed by atoms with Crippen molar-refractivity contribution in [3.63, 3.8) is 0 Å². The van der Waals surface area contributed by atoms with E-state index in [1.165, 1.54) is 32.0 Å². The van der Waals surface area contributed by atoms with Crippen molar-refractivity contribution in [1.82, 2.24) is 0 Å². The van der Waals surface area contributed by atoms with Gasteiger partial charge in [-0.15, -0.1) is 0 Å². The van der Waals surface area contributed by atoms with Gasteiger partial charge in [-0.05, 0) is 34.3 Å². The standard InChI is InChI=1S/C21H35NSi/c1-20(2)12-13-22-15-16(11-14-23(5,6)7)21(3,4)18-10-8-9-17(20)19(18)22/h8-10,16H,11-15H2,1-7H3. The maximum Gasteiger partial charge on any atom is 0.0442 e. The molecule has 0 radical (unpaired) electrons. The molecule has 1 aromatic carbocycles. The summed E-state index contributed by atoms with van der Waals surface area (Å²) in [5.74, 6) is 0.790. The molecule has 2 heterocycles. The van der Waals surface area contributed by atoms with Crippen LogP contribution in [0.2, 0.25) is 25.7 Å². The minimum atomic E-state index is -0.966. The van der Waals surface area contributed by atoms with E-state index in [4.69, 9.17) is 0 Å². The molecule has 1 unspecified atom stereocenters. The van der Waals surface area contributed by atoms with Crippen LogP contribution >= 0.6 is 0 Å². The third-order valence-electron chi connectivity index (χ3n) is 6.49. The van der Waals surface area contributed by atoms with E-state index in [1.54, 1.807) is 16.8 Å². The first-order chi connectivity index (χ1) is 10.5. The van der Waals surface area contributed by atoms with Crippen LogP contribution in [0.15, 0.2) is 18.2 Å². The molecule has 3 rings (SSSR count). The Bertz CT molecular complexity index is 594. The monoisotopic (exact) mass is 329 g/mol. The van der Waals surface area contributed by atoms with E-state index in [2.05, 4.69) is 70.4 Å². The summed E-state index contributed by atoms with van der Waals surface area (Å²) in [5, 5.41) is 0. The van der Waals surface area contributed by atoms with Gasteiger partial charge in [0.1, 0.15) is 0 Å². The minimum absolute atomic E-state index is 0.301. The van der Waals surface area contributed by atoms with Gasteiger partial charge < -0.3 is 4.90 Å². The molecule has 1 atom stereocenters. The van der Waals surface area contributed by atoms with Crippen LogP contribution in [-0.4, -0.2) is 21.2 Å². The summed E-state index contributed by atoms with van der Waals surface area (Å²) in [6.07, 6.45) is 2.68. The fraction of sp³-hybridized carbons (Fsp3) is 0.714. The maximum absolute atomic E-state index is 2.72. The lowest BCUT2D eigenvalue weighted by atomic mass is 9.65. The van der Waals surface area contributed by atoms with Crippen molar-refractivity contribution in [1.29, 1.82) is 0 Å². The molecule has 0 saturated heterocycles. The Morgan fingerprint density at radius 3 is 2.39 bits per heavy atom. The van der Waals surface area contributed by atoms with Crippen LogP contribution in [0.1, 0.15) is 51.7 Å². The number of para-hydroxylation sites is 1. The second kappa shape index (κ2) is 5.37. The van der Waals surface area contributed by atoms with Gasteiger partial charge >= 0.3 is 0 Å². The Kier molecular flexibility index (Phi) is 3.99. The SMILES string of the molecule is CC1(C)CCN2CC(CC[Si](C)(C)C)C(C)(C)c3cccc1c32. The van der Waals surface area contributed by atoms with Crippen molar-refractivity contribution in [3.05, 3.63) is 29.3 Å². The van der Waals surface area contributed by atoms with Crippen LogP contribution in [0.3, 0.4) is 0 Å². The third kappa shape index (κ3) is 2.99. The lowest BCUT2D eigenvalue weighted by Gasteiger charge is -2.52. The van der Waals surface area contributed by atoms with Crippen LogP contribution in [0, 0.1) is 5.92 Å². The average molecular weight is 330 g/mol. The first-order valence-electron chi connectivity index (χ1n) is 9.41. The Balaban J connectivity index is 2.00. The summed E-state index contributed by atoms with van der Waals surface area (Å²) in [6.45, 7) is 19.9. The number of hydrogen-bond donors (Lipinski definition) is 0. The fourth-order valence-electron chi connectivity index (χ4n) is 4.57. The first kappa shape index (κ1) is 17.1. The molecule has 0 N–H and O–H groups in total. The molecular formula is C21H35NSi. The number of nitrogens with zero attached hydrogens (tertiary/aromatic N) is 1. The summed E-state index contributed by atoms with van der Waals surface area (Å²) in [5.41, 5.74) is 5.39. The highest BCUT2D eigenvalue weighted by molar-refractivity contribution is 6.76. The van der Waals surface area contributed by atoms with Gasteiger partial charge in [-0.25, -0.2) is 0 Å². The maximum atomic E-state index is 2.72. The molecule has 1 nitrogen and oxygen atoms in total. The van der Waals surface area contributed by atoms with Gasteiger partial charge in [-0.1, -0.05) is 78.0 Å². The zero-order chi connectivity index (χ0) is 17.0. The second-order valence-electron chi connectivity index (χ2n) is 10.3. The van der Waals surface area contributed by atoms with Gasteiger partial charge in [0.25, 0.3) is 0 Å². The van der Waals surface area contributed by atoms with Crippen LogP contribution in [0.25, 0.3) is 0 Å². The van der Waals surface area contributed by atoms with Gasteiger partial charge in [0.2, 0.25) is 0 Å². The molecular weight excluding hydrogens is 294 g/mol. The number of hydrogen-bond acceptors (Lipinski definition) is 1. The molecule has 0 fully saturated rings. The predicted molar refractivity (Wildman–Crippen MR) is 106 cm³/mol. The Morgan fingerprint density at radius 2 is 1.74 bits per heavy atom. The van der Waals surface area contributed by atoms with E-state index in [0.29, 0.717) is 10.8 Å². The lowest BCUT2D eigenvalue weighted by Crippen LogP contribution is -2.50. The van der Waals surface area contributed by atoms with Crippen molar-refractivity contribution in [2.24, 2.45) is 5.92 Å². The third-order valence-corrected chi connectivity index (χ3v) is 8.28. The summed E-state index contributed by atoms with van der Waals surface area (Å²) in [6, 6.07) is 8.55. The largest absolute Gasteiger partial charge is 0.371 e. The predicted octanol–water partition coefficient (Wildman–Crippen LogP) is 5.81. The molecule has 2 aliphatic heterocycles. The Hall–Kier alpha value is -0.763. The van der Waals surface area contributed by atoms with Gasteiger partial charge in [0.15, 0.2) is 0 Å². The molecule has 128 valence electrons. The molecule has 0 aliphatic carbocycles. The average Bonchev–Trinajstić information content (AvgIpc) is 2.43. The molecule has 0 amide bonds. The van der Waals surface area contributed by atoms with Gasteiger partial charge in [-0.3, -0.25) is 0 Å². The molecule has 0 aromatic heterocycles. The van der Waals surface area contributed by atoms with Gasteiger partial charge in [-0.2, -0.15) is 0 Å². The van der Waals surface area contributed by atoms with E-state index in [9.17, 15) is 0 Å². The van der Waals surface area contributed by atoms with Crippen LogP contribution in [0.4, 0.5) is 5.69 Å². The van der Waals surface area contributed by atoms with E-state index >= 15 is 0 Å². The molecule has 2 heteroatoms. The van der Waals surface area contributed by atoms with E-state index < -0.39 is 8.07 Å². The van der Waals surface area contributed by atoms with Crippen molar-refractivity contribution in [2.75, 3.05) is 18.0 Å². The van der Waals surface area contributed by atoms with E-state index in [-0.39, 0.29) is 0 Å². The van der Waals surface area contributed by atoms with E-state index in [1.807, 2.05) is 0 Å². The first-order valence-corrected chi connectivity index (χ1v) is 13.1. The van der Waals surface area contributed by atoms with Gasteiger partial charge in [0.05, 0.1) is 0 Å².